The summed E-state index contributed by atoms with van der Waals surface area (Å²) in [6.45, 7) is 2.55. The van der Waals surface area contributed by atoms with E-state index < -0.39 is 7.92 Å². The molecule has 3 heteroatoms. The third-order valence-corrected chi connectivity index (χ3v) is 14.2. The van der Waals surface area contributed by atoms with Crippen molar-refractivity contribution in [2.24, 2.45) is 5.92 Å². The van der Waals surface area contributed by atoms with Crippen LogP contribution < -0.4 is 21.2 Å². The van der Waals surface area contributed by atoms with Crippen molar-refractivity contribution in [3.63, 3.8) is 0 Å². The first-order valence-corrected chi connectivity index (χ1v) is 17.4. The first kappa shape index (κ1) is 30.2. The van der Waals surface area contributed by atoms with E-state index in [2.05, 4.69) is 128 Å². The van der Waals surface area contributed by atoms with Crippen LogP contribution in [0.2, 0.25) is 0 Å². The average molecular weight is 593 g/mol. The normalized spacial score (nSPS) is 19.3. The molecule has 2 saturated carbocycles. The minimum absolute atomic E-state index is 0. The standard InChI is InChI=1S/C31H32P2.C5H10.Fe/c1-25(32(26-15-6-2-7-16-26)27-17-8-3-9-18-27)30-23-14-24-31(30)33(28-19-10-4-11-20-28)29-21-12-5-13-22-29;1-2-4-5-3-1;/h2-13,15-22,25,30-31H,14,23-24H2,1H3;1-5H2;/t25-,30?,31?;;/m1../s1. The molecule has 0 nitrogen and oxygen atoms in total. The quantitative estimate of drug-likeness (QED) is 0.149. The molecule has 0 N–H and O–H groups in total. The van der Waals surface area contributed by atoms with Crippen LogP contribution in [-0.4, -0.2) is 11.3 Å². The van der Waals surface area contributed by atoms with Crippen LogP contribution in [0.3, 0.4) is 0 Å². The van der Waals surface area contributed by atoms with E-state index in [9.17, 15) is 0 Å². The number of benzene rings is 4. The molecule has 3 atom stereocenters. The van der Waals surface area contributed by atoms with Gasteiger partial charge >= 0.3 is 0 Å². The third-order valence-electron chi connectivity index (χ3n) is 8.28. The summed E-state index contributed by atoms with van der Waals surface area (Å²) in [6, 6.07) is 45.3. The molecule has 0 spiro atoms. The third kappa shape index (κ3) is 7.93. The summed E-state index contributed by atoms with van der Waals surface area (Å²) in [4.78, 5) is 0. The van der Waals surface area contributed by atoms with Crippen molar-refractivity contribution >= 4 is 37.1 Å². The van der Waals surface area contributed by atoms with E-state index >= 15 is 0 Å². The summed E-state index contributed by atoms with van der Waals surface area (Å²) in [5, 5.41) is 6.10. The summed E-state index contributed by atoms with van der Waals surface area (Å²) < 4.78 is 0. The van der Waals surface area contributed by atoms with E-state index in [-0.39, 0.29) is 25.0 Å². The predicted octanol–water partition coefficient (Wildman–Crippen LogP) is 8.76. The Morgan fingerprint density at radius 2 is 0.846 bits per heavy atom. The molecule has 204 valence electrons. The Kier molecular flexibility index (Phi) is 12.3. The maximum Gasteiger partial charge on any atom is 0 e. The van der Waals surface area contributed by atoms with E-state index in [1.165, 1.54) is 72.6 Å². The van der Waals surface area contributed by atoms with Crippen LogP contribution in [-0.2, 0) is 17.1 Å². The van der Waals surface area contributed by atoms with Gasteiger partial charge in [-0.05, 0) is 67.1 Å². The molecule has 0 saturated heterocycles. The van der Waals surface area contributed by atoms with Crippen LogP contribution in [0.4, 0.5) is 0 Å². The van der Waals surface area contributed by atoms with Gasteiger partial charge in [0.2, 0.25) is 0 Å². The summed E-state index contributed by atoms with van der Waals surface area (Å²) in [6.07, 6.45) is 11.5. The van der Waals surface area contributed by atoms with Gasteiger partial charge in [-0.3, -0.25) is 0 Å². The zero-order valence-electron chi connectivity index (χ0n) is 23.2. The molecule has 0 heterocycles. The second-order valence-corrected chi connectivity index (χ2v) is 15.8. The molecule has 4 aromatic rings. The molecule has 4 aromatic carbocycles. The fourth-order valence-electron chi connectivity index (χ4n) is 6.43. The largest absolute Gasteiger partial charge is 0.0622 e. The SMILES string of the molecule is C1CCCC1.C[C@H](C1CCCC1P(c1ccccc1)c1ccccc1)P(c1ccccc1)c1ccccc1.[Fe]. The first-order chi connectivity index (χ1) is 18.8. The van der Waals surface area contributed by atoms with Gasteiger partial charge in [-0.25, -0.2) is 0 Å². The van der Waals surface area contributed by atoms with E-state index in [1.54, 1.807) is 0 Å². The minimum atomic E-state index is -0.402. The summed E-state index contributed by atoms with van der Waals surface area (Å²) in [5.41, 5.74) is 1.38. The van der Waals surface area contributed by atoms with Gasteiger partial charge in [0.05, 0.1) is 0 Å². The summed E-state index contributed by atoms with van der Waals surface area (Å²) in [7, 11) is -0.778. The van der Waals surface area contributed by atoms with Crippen molar-refractivity contribution in [1.82, 2.24) is 0 Å². The first-order valence-electron chi connectivity index (χ1n) is 14.6. The van der Waals surface area contributed by atoms with E-state index in [0.29, 0.717) is 5.66 Å². The maximum absolute atomic E-state index is 2.55. The van der Waals surface area contributed by atoms with Gasteiger partial charge in [0.25, 0.3) is 0 Å². The Hall–Kier alpha value is -1.74. The Bertz CT molecular complexity index is 1110. The van der Waals surface area contributed by atoms with Gasteiger partial charge < -0.3 is 0 Å². The van der Waals surface area contributed by atoms with Crippen LogP contribution >= 0.6 is 15.8 Å². The van der Waals surface area contributed by atoms with Crippen LogP contribution in [0, 0.1) is 5.92 Å². The van der Waals surface area contributed by atoms with Gasteiger partial charge in [-0.15, -0.1) is 0 Å². The van der Waals surface area contributed by atoms with Crippen molar-refractivity contribution in [2.45, 2.75) is 69.6 Å². The van der Waals surface area contributed by atoms with E-state index in [4.69, 9.17) is 0 Å². The molecule has 2 unspecified atom stereocenters. The smallest absolute Gasteiger partial charge is 0 e. The average Bonchev–Trinajstić information content (AvgIpc) is 3.72. The molecule has 0 aromatic heterocycles. The molecule has 0 aliphatic heterocycles. The van der Waals surface area contributed by atoms with Gasteiger partial charge in [-0.1, -0.05) is 167 Å². The zero-order valence-corrected chi connectivity index (χ0v) is 26.1. The van der Waals surface area contributed by atoms with Crippen molar-refractivity contribution < 1.29 is 17.1 Å². The van der Waals surface area contributed by atoms with Crippen molar-refractivity contribution in [3.8, 4) is 0 Å². The molecule has 6 rings (SSSR count). The topological polar surface area (TPSA) is 0 Å². The molecular weight excluding hydrogens is 550 g/mol. The zero-order chi connectivity index (χ0) is 26.0. The van der Waals surface area contributed by atoms with E-state index in [0.717, 1.165) is 11.6 Å². The number of rotatable bonds is 7. The Morgan fingerprint density at radius 1 is 0.487 bits per heavy atom. The van der Waals surface area contributed by atoms with Gasteiger partial charge in [-0.2, -0.15) is 0 Å². The summed E-state index contributed by atoms with van der Waals surface area (Å²) in [5.74, 6) is 0.739. The Morgan fingerprint density at radius 3 is 1.23 bits per heavy atom. The van der Waals surface area contributed by atoms with Gasteiger partial charge in [0.1, 0.15) is 0 Å². The minimum Gasteiger partial charge on any atom is -0.0622 e. The monoisotopic (exact) mass is 592 g/mol. The number of hydrogen-bond donors (Lipinski definition) is 0. The maximum atomic E-state index is 2.55. The molecule has 2 fully saturated rings. The molecule has 0 bridgehead atoms. The van der Waals surface area contributed by atoms with Gasteiger partial charge in [0.15, 0.2) is 0 Å². The van der Waals surface area contributed by atoms with Gasteiger partial charge in [0, 0.05) is 17.1 Å². The molecule has 39 heavy (non-hydrogen) atoms. The Balaban J connectivity index is 0.000000530. The van der Waals surface area contributed by atoms with Crippen LogP contribution in [0.15, 0.2) is 121 Å². The van der Waals surface area contributed by atoms with Crippen molar-refractivity contribution in [3.05, 3.63) is 121 Å². The van der Waals surface area contributed by atoms with Crippen molar-refractivity contribution in [2.75, 3.05) is 0 Å². The van der Waals surface area contributed by atoms with E-state index in [1.807, 2.05) is 0 Å². The summed E-state index contributed by atoms with van der Waals surface area (Å²) >= 11 is 0. The predicted molar refractivity (Wildman–Crippen MR) is 172 cm³/mol. The molecule has 2 aliphatic carbocycles. The fourth-order valence-corrected chi connectivity index (χ4v) is 12.8. The molecule has 0 amide bonds. The fraction of sp³-hybridized carbons (Fsp3) is 0.333. The van der Waals surface area contributed by atoms with Crippen LogP contribution in [0.25, 0.3) is 0 Å². The second-order valence-electron chi connectivity index (χ2n) is 10.8. The van der Waals surface area contributed by atoms with Crippen molar-refractivity contribution in [1.29, 1.82) is 0 Å². The molecular formula is C36H42FeP2. The molecule has 0 radical (unpaired) electrons. The van der Waals surface area contributed by atoms with Crippen LogP contribution in [0.1, 0.15) is 58.3 Å². The van der Waals surface area contributed by atoms with Crippen LogP contribution in [0.5, 0.6) is 0 Å². The number of hydrogen-bond acceptors (Lipinski definition) is 0. The second kappa shape index (κ2) is 15.9. The Labute approximate surface area is 250 Å². The molecule has 2 aliphatic rings.